The molecule has 2 aliphatic heterocycles. The SMILES string of the molecule is CC/C=C(/CN1C[C@H]2CCCN2C(=O)[C@H]1C)c1ccccc1. The Labute approximate surface area is 133 Å². The lowest BCUT2D eigenvalue weighted by atomic mass is 10.0. The standard InChI is InChI=1S/C19H26N2O/c1-3-8-17(16-9-5-4-6-10-16)13-20-14-18-11-7-12-21(18)19(22)15(20)2/h4-6,8-10,15,18H,3,7,11-14H2,1-2H3/b17-8-/t15-,18-/m1/s1. The Hall–Kier alpha value is -1.61. The van der Waals surface area contributed by atoms with E-state index in [1.807, 2.05) is 0 Å². The van der Waals surface area contributed by atoms with Gasteiger partial charge in [-0.1, -0.05) is 43.3 Å². The molecule has 3 nitrogen and oxygen atoms in total. The summed E-state index contributed by atoms with van der Waals surface area (Å²) < 4.78 is 0. The van der Waals surface area contributed by atoms with Gasteiger partial charge < -0.3 is 4.90 Å². The maximum Gasteiger partial charge on any atom is 0.239 e. The zero-order chi connectivity index (χ0) is 15.5. The van der Waals surface area contributed by atoms with Gasteiger partial charge in [-0.3, -0.25) is 9.69 Å². The number of benzene rings is 1. The first-order chi connectivity index (χ1) is 10.7. The summed E-state index contributed by atoms with van der Waals surface area (Å²) in [5.74, 6) is 0.317. The van der Waals surface area contributed by atoms with Crippen molar-refractivity contribution in [2.75, 3.05) is 19.6 Å². The molecule has 2 aliphatic rings. The highest BCUT2D eigenvalue weighted by Crippen LogP contribution is 2.27. The minimum absolute atomic E-state index is 0.00156. The van der Waals surface area contributed by atoms with Crippen LogP contribution in [0.4, 0.5) is 0 Å². The van der Waals surface area contributed by atoms with Crippen LogP contribution in [0.25, 0.3) is 5.57 Å². The Morgan fingerprint density at radius 2 is 2.09 bits per heavy atom. The van der Waals surface area contributed by atoms with Gasteiger partial charge in [0.15, 0.2) is 0 Å². The summed E-state index contributed by atoms with van der Waals surface area (Å²) in [6.45, 7) is 7.08. The van der Waals surface area contributed by atoms with Crippen LogP contribution in [0.1, 0.15) is 38.7 Å². The molecule has 0 bridgehead atoms. The van der Waals surface area contributed by atoms with Crippen molar-refractivity contribution in [3.8, 4) is 0 Å². The van der Waals surface area contributed by atoms with Gasteiger partial charge in [-0.05, 0) is 37.3 Å². The van der Waals surface area contributed by atoms with Gasteiger partial charge >= 0.3 is 0 Å². The van der Waals surface area contributed by atoms with Gasteiger partial charge in [0.2, 0.25) is 5.91 Å². The topological polar surface area (TPSA) is 23.6 Å². The van der Waals surface area contributed by atoms with E-state index in [9.17, 15) is 4.79 Å². The fourth-order valence-corrected chi connectivity index (χ4v) is 3.73. The van der Waals surface area contributed by atoms with Crippen LogP contribution in [0.2, 0.25) is 0 Å². The van der Waals surface area contributed by atoms with Crippen LogP contribution >= 0.6 is 0 Å². The Kier molecular flexibility index (Phi) is 4.63. The van der Waals surface area contributed by atoms with Gasteiger partial charge in [0.1, 0.15) is 0 Å². The molecule has 2 atom stereocenters. The minimum Gasteiger partial charge on any atom is -0.337 e. The molecule has 1 aromatic rings. The minimum atomic E-state index is -0.00156. The molecule has 2 fully saturated rings. The molecule has 118 valence electrons. The highest BCUT2D eigenvalue weighted by molar-refractivity contribution is 5.83. The van der Waals surface area contributed by atoms with Gasteiger partial charge in [-0.25, -0.2) is 0 Å². The number of carbonyl (C=O) groups is 1. The molecule has 0 unspecified atom stereocenters. The van der Waals surface area contributed by atoms with Crippen molar-refractivity contribution in [1.29, 1.82) is 0 Å². The fourth-order valence-electron chi connectivity index (χ4n) is 3.73. The molecule has 2 heterocycles. The van der Waals surface area contributed by atoms with E-state index >= 15 is 0 Å². The van der Waals surface area contributed by atoms with Gasteiger partial charge in [-0.2, -0.15) is 0 Å². The third-order valence-corrected chi connectivity index (χ3v) is 4.98. The van der Waals surface area contributed by atoms with Crippen molar-refractivity contribution in [3.05, 3.63) is 42.0 Å². The molecule has 0 aliphatic carbocycles. The summed E-state index contributed by atoms with van der Waals surface area (Å²) in [6, 6.07) is 11.0. The highest BCUT2D eigenvalue weighted by Gasteiger charge is 2.40. The first kappa shape index (κ1) is 15.3. The monoisotopic (exact) mass is 298 g/mol. The Morgan fingerprint density at radius 3 is 2.82 bits per heavy atom. The van der Waals surface area contributed by atoms with Crippen LogP contribution in [0.5, 0.6) is 0 Å². The normalized spacial score (nSPS) is 26.4. The van der Waals surface area contributed by atoms with Crippen molar-refractivity contribution in [2.24, 2.45) is 0 Å². The van der Waals surface area contributed by atoms with Crippen molar-refractivity contribution in [3.63, 3.8) is 0 Å². The largest absolute Gasteiger partial charge is 0.337 e. The van der Waals surface area contributed by atoms with Crippen molar-refractivity contribution < 1.29 is 4.79 Å². The number of fused-ring (bicyclic) bond motifs is 1. The molecule has 0 saturated carbocycles. The predicted octanol–water partition coefficient (Wildman–Crippen LogP) is 3.18. The van der Waals surface area contributed by atoms with Gasteiger partial charge in [-0.15, -0.1) is 0 Å². The van der Waals surface area contributed by atoms with Crippen LogP contribution in [-0.2, 0) is 4.79 Å². The Morgan fingerprint density at radius 1 is 1.32 bits per heavy atom. The van der Waals surface area contributed by atoms with E-state index in [4.69, 9.17) is 0 Å². The summed E-state index contributed by atoms with van der Waals surface area (Å²) in [6.07, 6.45) is 5.64. The van der Waals surface area contributed by atoms with E-state index in [2.05, 4.69) is 60.1 Å². The van der Waals surface area contributed by atoms with E-state index in [0.717, 1.165) is 38.9 Å². The molecule has 1 aromatic carbocycles. The number of allylic oxidation sites excluding steroid dienone is 1. The lowest BCUT2D eigenvalue weighted by Gasteiger charge is -2.42. The summed E-state index contributed by atoms with van der Waals surface area (Å²) >= 11 is 0. The molecule has 0 N–H and O–H groups in total. The molecule has 3 rings (SSSR count). The first-order valence-electron chi connectivity index (χ1n) is 8.49. The second-order valence-corrected chi connectivity index (χ2v) is 6.44. The number of piperazine rings is 1. The van der Waals surface area contributed by atoms with Gasteiger partial charge in [0.25, 0.3) is 0 Å². The fraction of sp³-hybridized carbons (Fsp3) is 0.526. The van der Waals surface area contributed by atoms with Crippen molar-refractivity contribution in [2.45, 2.75) is 45.2 Å². The first-order valence-corrected chi connectivity index (χ1v) is 8.49. The number of rotatable bonds is 4. The average Bonchev–Trinajstić information content (AvgIpc) is 3.01. The van der Waals surface area contributed by atoms with E-state index < -0.39 is 0 Å². The van der Waals surface area contributed by atoms with E-state index in [1.165, 1.54) is 11.1 Å². The van der Waals surface area contributed by atoms with Gasteiger partial charge in [0, 0.05) is 25.7 Å². The van der Waals surface area contributed by atoms with Crippen LogP contribution in [-0.4, -0.2) is 47.4 Å². The molecule has 0 radical (unpaired) electrons. The lowest BCUT2D eigenvalue weighted by molar-refractivity contribution is -0.142. The number of carbonyl (C=O) groups excluding carboxylic acids is 1. The quantitative estimate of drug-likeness (QED) is 0.852. The van der Waals surface area contributed by atoms with E-state index in [0.29, 0.717) is 11.9 Å². The van der Waals surface area contributed by atoms with Crippen molar-refractivity contribution >= 4 is 11.5 Å². The van der Waals surface area contributed by atoms with Crippen LogP contribution in [0.15, 0.2) is 36.4 Å². The smallest absolute Gasteiger partial charge is 0.239 e. The molecule has 0 aromatic heterocycles. The van der Waals surface area contributed by atoms with E-state index in [-0.39, 0.29) is 6.04 Å². The Balaban J connectivity index is 1.78. The molecule has 0 spiro atoms. The molecule has 22 heavy (non-hydrogen) atoms. The Bertz CT molecular complexity index is 552. The number of amides is 1. The number of nitrogens with zero attached hydrogens (tertiary/aromatic N) is 2. The molecule has 2 saturated heterocycles. The zero-order valence-electron chi connectivity index (χ0n) is 13.7. The third kappa shape index (κ3) is 2.95. The van der Waals surface area contributed by atoms with E-state index in [1.54, 1.807) is 0 Å². The van der Waals surface area contributed by atoms with Crippen molar-refractivity contribution in [1.82, 2.24) is 9.80 Å². The maximum absolute atomic E-state index is 12.6. The average molecular weight is 298 g/mol. The third-order valence-electron chi connectivity index (χ3n) is 4.98. The number of hydrogen-bond acceptors (Lipinski definition) is 2. The summed E-state index contributed by atoms with van der Waals surface area (Å²) in [5.41, 5.74) is 2.62. The summed E-state index contributed by atoms with van der Waals surface area (Å²) in [5, 5.41) is 0. The maximum atomic E-state index is 12.6. The van der Waals surface area contributed by atoms with Crippen LogP contribution in [0.3, 0.4) is 0 Å². The van der Waals surface area contributed by atoms with Crippen LogP contribution in [0, 0.1) is 0 Å². The second-order valence-electron chi connectivity index (χ2n) is 6.44. The molecular formula is C19H26N2O. The zero-order valence-corrected chi connectivity index (χ0v) is 13.7. The highest BCUT2D eigenvalue weighted by atomic mass is 16.2. The molecular weight excluding hydrogens is 272 g/mol. The number of hydrogen-bond donors (Lipinski definition) is 0. The summed E-state index contributed by atoms with van der Waals surface area (Å²) in [7, 11) is 0. The second kappa shape index (κ2) is 6.66. The van der Waals surface area contributed by atoms with Crippen LogP contribution < -0.4 is 0 Å². The lowest BCUT2D eigenvalue weighted by Crippen LogP contribution is -2.58. The predicted molar refractivity (Wildman–Crippen MR) is 90.5 cm³/mol. The molecule has 1 amide bonds. The summed E-state index contributed by atoms with van der Waals surface area (Å²) in [4.78, 5) is 17.0. The molecule has 3 heteroatoms. The van der Waals surface area contributed by atoms with Gasteiger partial charge in [0.05, 0.1) is 6.04 Å².